The van der Waals surface area contributed by atoms with Gasteiger partial charge in [0.25, 0.3) is 0 Å². The summed E-state index contributed by atoms with van der Waals surface area (Å²) in [5.74, 6) is 1.29. The summed E-state index contributed by atoms with van der Waals surface area (Å²) in [6.45, 7) is 2.82. The highest BCUT2D eigenvalue weighted by atomic mass is 16.5. The first-order valence-corrected chi connectivity index (χ1v) is 11.1. The fraction of sp³-hybridized carbons (Fsp3) is 0.583. The minimum atomic E-state index is -0.251. The van der Waals surface area contributed by atoms with Crippen LogP contribution in [0.5, 0.6) is 0 Å². The van der Waals surface area contributed by atoms with E-state index in [-0.39, 0.29) is 12.1 Å². The number of carbonyl (C=O) groups is 2. The van der Waals surface area contributed by atoms with Gasteiger partial charge in [0.05, 0.1) is 0 Å². The van der Waals surface area contributed by atoms with Crippen LogP contribution in [0.2, 0.25) is 0 Å². The lowest BCUT2D eigenvalue weighted by Crippen LogP contribution is -2.65. The Morgan fingerprint density at radius 3 is 2.69 bits per heavy atom. The number of esters is 1. The van der Waals surface area contributed by atoms with Crippen molar-refractivity contribution in [1.29, 1.82) is 0 Å². The molecule has 4 heterocycles. The van der Waals surface area contributed by atoms with Crippen molar-refractivity contribution in [3.05, 3.63) is 42.0 Å². The molecule has 1 aromatic carbocycles. The number of piperidine rings is 4. The van der Waals surface area contributed by atoms with Crippen molar-refractivity contribution in [1.82, 2.24) is 9.80 Å². The minimum absolute atomic E-state index is 0.0258. The molecule has 0 aliphatic carbocycles. The molecule has 5 nitrogen and oxygen atoms in total. The van der Waals surface area contributed by atoms with Crippen LogP contribution in [0.4, 0.5) is 0 Å². The first kappa shape index (κ1) is 18.9. The third-order valence-electron chi connectivity index (χ3n) is 7.39. The topological polar surface area (TPSA) is 49.9 Å². The number of amides is 1. The van der Waals surface area contributed by atoms with Crippen molar-refractivity contribution >= 4 is 18.0 Å². The lowest BCUT2D eigenvalue weighted by Gasteiger charge is -2.57. The Bertz CT molecular complexity index is 793. The zero-order chi connectivity index (χ0) is 19.8. The number of hydrogen-bond acceptors (Lipinski definition) is 4. The zero-order valence-corrected chi connectivity index (χ0v) is 16.9. The van der Waals surface area contributed by atoms with E-state index in [4.69, 9.17) is 4.74 Å². The summed E-state index contributed by atoms with van der Waals surface area (Å²) in [7, 11) is 0. The molecule has 0 spiro atoms. The summed E-state index contributed by atoms with van der Waals surface area (Å²) in [4.78, 5) is 29.5. The van der Waals surface area contributed by atoms with Crippen molar-refractivity contribution in [2.45, 2.75) is 56.7 Å². The van der Waals surface area contributed by atoms with Crippen LogP contribution >= 0.6 is 0 Å². The van der Waals surface area contributed by atoms with E-state index < -0.39 is 0 Å². The van der Waals surface area contributed by atoms with Crippen LogP contribution in [0, 0.1) is 11.8 Å². The monoisotopic (exact) mass is 394 g/mol. The zero-order valence-electron chi connectivity index (χ0n) is 16.9. The molecule has 4 unspecified atom stereocenters. The van der Waals surface area contributed by atoms with Crippen molar-refractivity contribution in [2.24, 2.45) is 11.8 Å². The van der Waals surface area contributed by atoms with E-state index in [1.54, 1.807) is 0 Å². The fourth-order valence-electron chi connectivity index (χ4n) is 6.12. The number of fused-ring (bicyclic) bond motifs is 6. The molecule has 5 rings (SSSR count). The molecule has 1 amide bonds. The highest BCUT2D eigenvalue weighted by Crippen LogP contribution is 2.43. The van der Waals surface area contributed by atoms with Gasteiger partial charge in [-0.1, -0.05) is 30.3 Å². The second-order valence-electron chi connectivity index (χ2n) is 9.16. The largest absolute Gasteiger partial charge is 0.458 e. The van der Waals surface area contributed by atoms with Crippen molar-refractivity contribution in [2.75, 3.05) is 19.6 Å². The average molecular weight is 395 g/mol. The summed E-state index contributed by atoms with van der Waals surface area (Å²) >= 11 is 0. The number of benzene rings is 1. The predicted molar refractivity (Wildman–Crippen MR) is 111 cm³/mol. The highest BCUT2D eigenvalue weighted by Gasteiger charge is 2.49. The van der Waals surface area contributed by atoms with Gasteiger partial charge in [0.15, 0.2) is 0 Å². The first-order chi connectivity index (χ1) is 14.2. The molecule has 4 fully saturated rings. The molecule has 4 aliphatic rings. The van der Waals surface area contributed by atoms with Gasteiger partial charge in [0.2, 0.25) is 5.91 Å². The van der Waals surface area contributed by atoms with Gasteiger partial charge >= 0.3 is 5.97 Å². The Morgan fingerprint density at radius 2 is 1.83 bits per heavy atom. The molecule has 0 N–H and O–H groups in total. The second kappa shape index (κ2) is 7.94. The molecular formula is C24H30N2O3. The molecule has 0 saturated carbocycles. The SMILES string of the molecule is O=C(/C=C\c1ccccc1)O[C@H]1CCC2C3CC(CN2C1)C1CCCC(=O)N1C3. The molecule has 5 heteroatoms. The Kier molecular flexibility index (Phi) is 5.17. The number of rotatable bonds is 3. The Labute approximate surface area is 172 Å². The molecule has 29 heavy (non-hydrogen) atoms. The van der Waals surface area contributed by atoms with Crippen LogP contribution < -0.4 is 0 Å². The number of carbonyl (C=O) groups excluding carboxylic acids is 2. The van der Waals surface area contributed by atoms with E-state index in [0.29, 0.717) is 29.8 Å². The molecule has 4 aliphatic heterocycles. The molecule has 5 atom stereocenters. The van der Waals surface area contributed by atoms with Gasteiger partial charge in [-0.05, 0) is 55.6 Å². The summed E-state index contributed by atoms with van der Waals surface area (Å²) in [5, 5.41) is 0. The normalized spacial score (nSPS) is 34.6. The van der Waals surface area contributed by atoms with Crippen LogP contribution in [0.25, 0.3) is 6.08 Å². The van der Waals surface area contributed by atoms with E-state index in [2.05, 4.69) is 9.80 Å². The molecule has 1 aromatic rings. The Balaban J connectivity index is 1.20. The quantitative estimate of drug-likeness (QED) is 0.584. The van der Waals surface area contributed by atoms with Gasteiger partial charge < -0.3 is 9.64 Å². The van der Waals surface area contributed by atoms with Gasteiger partial charge in [-0.3, -0.25) is 9.69 Å². The molecule has 0 radical (unpaired) electrons. The first-order valence-electron chi connectivity index (χ1n) is 11.1. The van der Waals surface area contributed by atoms with E-state index in [0.717, 1.165) is 57.3 Å². The van der Waals surface area contributed by atoms with Gasteiger partial charge in [0.1, 0.15) is 6.10 Å². The smallest absolute Gasteiger partial charge is 0.331 e. The third-order valence-corrected chi connectivity index (χ3v) is 7.39. The van der Waals surface area contributed by atoms with Crippen LogP contribution in [-0.4, -0.2) is 59.5 Å². The molecular weight excluding hydrogens is 364 g/mol. The Hall–Kier alpha value is -2.14. The fourth-order valence-corrected chi connectivity index (χ4v) is 6.12. The lowest BCUT2D eigenvalue weighted by atomic mass is 9.70. The summed E-state index contributed by atoms with van der Waals surface area (Å²) < 4.78 is 5.78. The number of hydrogen-bond donors (Lipinski definition) is 0. The highest BCUT2D eigenvalue weighted by molar-refractivity contribution is 5.87. The van der Waals surface area contributed by atoms with E-state index in [1.165, 1.54) is 12.5 Å². The summed E-state index contributed by atoms with van der Waals surface area (Å²) in [6, 6.07) is 10.8. The van der Waals surface area contributed by atoms with Gasteiger partial charge in [-0.2, -0.15) is 0 Å². The summed E-state index contributed by atoms with van der Waals surface area (Å²) in [5.41, 5.74) is 1.00. The molecule has 4 saturated heterocycles. The van der Waals surface area contributed by atoms with E-state index in [9.17, 15) is 9.59 Å². The third kappa shape index (κ3) is 3.85. The van der Waals surface area contributed by atoms with Gasteiger partial charge in [0, 0.05) is 44.2 Å². The van der Waals surface area contributed by atoms with Crippen LogP contribution in [0.15, 0.2) is 36.4 Å². The maximum atomic E-state index is 12.4. The average Bonchev–Trinajstić information content (AvgIpc) is 2.74. The van der Waals surface area contributed by atoms with Crippen LogP contribution in [0.3, 0.4) is 0 Å². The lowest BCUT2D eigenvalue weighted by molar-refractivity contribution is -0.157. The van der Waals surface area contributed by atoms with E-state index in [1.807, 2.05) is 36.4 Å². The number of nitrogens with zero attached hydrogens (tertiary/aromatic N) is 2. The second-order valence-corrected chi connectivity index (χ2v) is 9.16. The van der Waals surface area contributed by atoms with Gasteiger partial charge in [-0.15, -0.1) is 0 Å². The van der Waals surface area contributed by atoms with Crippen molar-refractivity contribution in [3.8, 4) is 0 Å². The number of ether oxygens (including phenoxy) is 1. The van der Waals surface area contributed by atoms with Crippen LogP contribution in [-0.2, 0) is 14.3 Å². The maximum Gasteiger partial charge on any atom is 0.331 e. The molecule has 154 valence electrons. The molecule has 0 aromatic heterocycles. The van der Waals surface area contributed by atoms with Crippen LogP contribution in [0.1, 0.15) is 44.1 Å². The van der Waals surface area contributed by atoms with Crippen molar-refractivity contribution in [3.63, 3.8) is 0 Å². The standard InChI is InChI=1S/C24H30N2O3/c27-23-8-4-7-22-18-13-19(15-26(22)23)21-11-10-20(16-25(21)14-18)29-24(28)12-9-17-5-2-1-3-6-17/h1-3,5-6,9,12,18-22H,4,7-8,10-11,13-16H2/b12-9-/t18?,19?,20-,21?,22?/m0/s1. The van der Waals surface area contributed by atoms with E-state index >= 15 is 0 Å². The Morgan fingerprint density at radius 1 is 1.00 bits per heavy atom. The van der Waals surface area contributed by atoms with Crippen molar-refractivity contribution < 1.29 is 14.3 Å². The van der Waals surface area contributed by atoms with Gasteiger partial charge in [-0.25, -0.2) is 4.79 Å². The summed E-state index contributed by atoms with van der Waals surface area (Å²) in [6.07, 6.45) is 9.50. The minimum Gasteiger partial charge on any atom is -0.458 e. The maximum absolute atomic E-state index is 12.4. The predicted octanol–water partition coefficient (Wildman–Crippen LogP) is 3.11. The molecule has 2 bridgehead atoms.